The molecule has 178 valence electrons. The molecule has 34 heavy (non-hydrogen) atoms. The Labute approximate surface area is 204 Å². The van der Waals surface area contributed by atoms with Crippen LogP contribution in [0.1, 0.15) is 5.56 Å². The standard InChI is InChI=1S/C24H20Cl2F2N2O4/c1-33-14-21-24(32,15-3-2-4-20(13-15)34-22(27)28)30(19-11-7-17(26)8-12-19)23(31)29(21)18-9-5-16(25)6-10-18/h2-13,21-22,32H,14H2,1H3/t21-,24?/m1/s1. The van der Waals surface area contributed by atoms with E-state index in [4.69, 9.17) is 27.9 Å². The maximum atomic E-state index is 13.8. The average Bonchev–Trinajstić information content (AvgIpc) is 3.02. The number of anilines is 2. The number of ether oxygens (including phenoxy) is 2. The quantitative estimate of drug-likeness (QED) is 0.431. The molecule has 0 aromatic heterocycles. The van der Waals surface area contributed by atoms with Crippen LogP contribution in [-0.2, 0) is 10.5 Å². The van der Waals surface area contributed by atoms with Gasteiger partial charge in [-0.15, -0.1) is 0 Å². The van der Waals surface area contributed by atoms with E-state index >= 15 is 0 Å². The molecule has 0 radical (unpaired) electrons. The van der Waals surface area contributed by atoms with E-state index in [-0.39, 0.29) is 17.9 Å². The van der Waals surface area contributed by atoms with Crippen LogP contribution < -0.4 is 14.5 Å². The van der Waals surface area contributed by atoms with E-state index in [1.54, 1.807) is 48.5 Å². The van der Waals surface area contributed by atoms with Gasteiger partial charge in [-0.1, -0.05) is 35.3 Å². The number of carbonyl (C=O) groups is 1. The van der Waals surface area contributed by atoms with Crippen molar-refractivity contribution in [3.63, 3.8) is 0 Å². The maximum Gasteiger partial charge on any atom is 0.387 e. The van der Waals surface area contributed by atoms with Crippen molar-refractivity contribution in [2.45, 2.75) is 18.4 Å². The highest BCUT2D eigenvalue weighted by Gasteiger charge is 2.59. The molecule has 1 saturated heterocycles. The molecule has 1 N–H and O–H groups in total. The SMILES string of the molecule is COC[C@H]1N(c2ccc(Cl)cc2)C(=O)N(c2ccc(Cl)cc2)C1(O)c1cccc(OC(F)F)c1. The third-order valence-electron chi connectivity index (χ3n) is 5.51. The second-order valence-electron chi connectivity index (χ2n) is 7.54. The number of nitrogens with zero attached hydrogens (tertiary/aromatic N) is 2. The Morgan fingerprint density at radius 2 is 1.59 bits per heavy atom. The van der Waals surface area contributed by atoms with Crippen LogP contribution in [0.15, 0.2) is 72.8 Å². The number of rotatable bonds is 7. The van der Waals surface area contributed by atoms with E-state index < -0.39 is 24.4 Å². The molecule has 6 nitrogen and oxygen atoms in total. The highest BCUT2D eigenvalue weighted by Crippen LogP contribution is 2.45. The normalized spacial score (nSPS) is 20.3. The van der Waals surface area contributed by atoms with Crippen molar-refractivity contribution in [3.8, 4) is 5.75 Å². The summed E-state index contributed by atoms with van der Waals surface area (Å²) in [5.74, 6) is -0.162. The predicted molar refractivity (Wildman–Crippen MR) is 126 cm³/mol. The number of carbonyl (C=O) groups excluding carboxylic acids is 1. The first-order valence-electron chi connectivity index (χ1n) is 10.2. The highest BCUT2D eigenvalue weighted by atomic mass is 35.5. The number of hydrogen-bond acceptors (Lipinski definition) is 4. The zero-order valence-electron chi connectivity index (χ0n) is 17.9. The molecular weight excluding hydrogens is 489 g/mol. The minimum absolute atomic E-state index is 0.0745. The number of urea groups is 1. The van der Waals surface area contributed by atoms with E-state index in [2.05, 4.69) is 4.74 Å². The lowest BCUT2D eigenvalue weighted by atomic mass is 9.93. The molecule has 1 aliphatic heterocycles. The molecule has 2 atom stereocenters. The minimum atomic E-state index is -3.05. The summed E-state index contributed by atoms with van der Waals surface area (Å²) in [6.45, 7) is -3.13. The van der Waals surface area contributed by atoms with Crippen molar-refractivity contribution in [1.29, 1.82) is 0 Å². The highest BCUT2D eigenvalue weighted by molar-refractivity contribution is 6.31. The van der Waals surface area contributed by atoms with Crippen LogP contribution in [0.5, 0.6) is 5.75 Å². The Hall–Kier alpha value is -2.91. The summed E-state index contributed by atoms with van der Waals surface area (Å²) in [7, 11) is 1.44. The first-order chi connectivity index (χ1) is 16.3. The van der Waals surface area contributed by atoms with Gasteiger partial charge in [-0.3, -0.25) is 9.80 Å². The van der Waals surface area contributed by atoms with Crippen molar-refractivity contribution in [1.82, 2.24) is 0 Å². The van der Waals surface area contributed by atoms with Crippen LogP contribution in [0.2, 0.25) is 10.0 Å². The minimum Gasteiger partial charge on any atom is -0.435 e. The van der Waals surface area contributed by atoms with Crippen LogP contribution in [0.4, 0.5) is 25.0 Å². The van der Waals surface area contributed by atoms with E-state index in [9.17, 15) is 18.7 Å². The zero-order valence-corrected chi connectivity index (χ0v) is 19.4. The molecule has 1 unspecified atom stereocenters. The number of hydrogen-bond donors (Lipinski definition) is 1. The van der Waals surface area contributed by atoms with Gasteiger partial charge in [0.2, 0.25) is 0 Å². The Kier molecular flexibility index (Phi) is 6.95. The molecule has 2 amide bonds. The Morgan fingerprint density at radius 3 is 2.15 bits per heavy atom. The molecule has 3 aromatic rings. The smallest absolute Gasteiger partial charge is 0.387 e. The monoisotopic (exact) mass is 508 g/mol. The van der Waals surface area contributed by atoms with Gasteiger partial charge in [0.15, 0.2) is 5.72 Å². The van der Waals surface area contributed by atoms with Crippen LogP contribution in [0, 0.1) is 0 Å². The fourth-order valence-electron chi connectivity index (χ4n) is 4.08. The van der Waals surface area contributed by atoms with Crippen molar-refractivity contribution < 1.29 is 28.2 Å². The first-order valence-corrected chi connectivity index (χ1v) is 10.9. The summed E-state index contributed by atoms with van der Waals surface area (Å²) in [5.41, 5.74) is -1.06. The van der Waals surface area contributed by atoms with Crippen LogP contribution in [-0.4, -0.2) is 37.5 Å². The van der Waals surface area contributed by atoms with E-state index in [1.807, 2.05) is 0 Å². The summed E-state index contributed by atoms with van der Waals surface area (Å²) in [5, 5.41) is 13.1. The molecule has 3 aromatic carbocycles. The van der Waals surface area contributed by atoms with Crippen LogP contribution in [0.25, 0.3) is 0 Å². The Bertz CT molecular complexity index is 1160. The largest absolute Gasteiger partial charge is 0.435 e. The van der Waals surface area contributed by atoms with Crippen molar-refractivity contribution >= 4 is 40.6 Å². The van der Waals surface area contributed by atoms with Crippen LogP contribution >= 0.6 is 23.2 Å². The van der Waals surface area contributed by atoms with Crippen molar-refractivity contribution in [3.05, 3.63) is 88.4 Å². The molecule has 1 fully saturated rings. The summed E-state index contributed by atoms with van der Waals surface area (Å²) < 4.78 is 35.7. The molecule has 1 heterocycles. The van der Waals surface area contributed by atoms with Gasteiger partial charge in [0, 0.05) is 34.1 Å². The molecule has 0 aliphatic carbocycles. The van der Waals surface area contributed by atoms with E-state index in [0.717, 1.165) is 0 Å². The number of aliphatic hydroxyl groups is 1. The summed E-state index contributed by atoms with van der Waals surface area (Å²) in [4.78, 5) is 16.4. The molecule has 1 aliphatic rings. The number of methoxy groups -OCH3 is 1. The van der Waals surface area contributed by atoms with Gasteiger partial charge in [-0.2, -0.15) is 8.78 Å². The average molecular weight is 509 g/mol. The van der Waals surface area contributed by atoms with Gasteiger partial charge >= 0.3 is 12.6 Å². The Balaban J connectivity index is 1.92. The second-order valence-corrected chi connectivity index (χ2v) is 8.42. The van der Waals surface area contributed by atoms with Gasteiger partial charge in [0.1, 0.15) is 11.8 Å². The third-order valence-corrected chi connectivity index (χ3v) is 6.02. The second kappa shape index (κ2) is 9.76. The fourth-order valence-corrected chi connectivity index (χ4v) is 4.33. The molecule has 0 saturated carbocycles. The molecule has 4 rings (SSSR count). The molecule has 0 spiro atoms. The number of alkyl halides is 2. The van der Waals surface area contributed by atoms with Crippen molar-refractivity contribution in [2.75, 3.05) is 23.5 Å². The maximum absolute atomic E-state index is 13.8. The van der Waals surface area contributed by atoms with E-state index in [0.29, 0.717) is 21.4 Å². The number of amides is 2. The summed E-state index contributed by atoms with van der Waals surface area (Å²) >= 11 is 12.1. The van der Waals surface area contributed by atoms with Gasteiger partial charge in [-0.25, -0.2) is 4.79 Å². The van der Waals surface area contributed by atoms with Crippen molar-refractivity contribution in [2.24, 2.45) is 0 Å². The lowest BCUT2D eigenvalue weighted by Crippen LogP contribution is -2.51. The first kappa shape index (κ1) is 24.2. The Morgan fingerprint density at radius 1 is 1.00 bits per heavy atom. The lowest BCUT2D eigenvalue weighted by Gasteiger charge is -2.37. The summed E-state index contributed by atoms with van der Waals surface area (Å²) in [6.07, 6.45) is 0. The molecule has 0 bridgehead atoms. The lowest BCUT2D eigenvalue weighted by molar-refractivity contribution is -0.0504. The van der Waals surface area contributed by atoms with Crippen LogP contribution in [0.3, 0.4) is 0 Å². The number of benzene rings is 3. The third kappa shape index (κ3) is 4.42. The van der Waals surface area contributed by atoms with Gasteiger partial charge in [0.05, 0.1) is 6.61 Å². The molecule has 10 heteroatoms. The number of halogens is 4. The predicted octanol–water partition coefficient (Wildman–Crippen LogP) is 5.90. The molecular formula is C24H20Cl2F2N2O4. The zero-order chi connectivity index (χ0) is 24.5. The van der Waals surface area contributed by atoms with Gasteiger partial charge < -0.3 is 14.6 Å². The van der Waals surface area contributed by atoms with Gasteiger partial charge in [0.25, 0.3) is 0 Å². The topological polar surface area (TPSA) is 62.2 Å². The van der Waals surface area contributed by atoms with E-state index in [1.165, 1.54) is 41.2 Å². The van der Waals surface area contributed by atoms with Gasteiger partial charge in [-0.05, 0) is 60.7 Å². The fraction of sp³-hybridized carbons (Fsp3) is 0.208. The summed E-state index contributed by atoms with van der Waals surface area (Å²) in [6, 6.07) is 16.9.